The monoisotopic (exact) mass is 343 g/mol. The van der Waals surface area contributed by atoms with Gasteiger partial charge in [0.1, 0.15) is 23.4 Å². The van der Waals surface area contributed by atoms with Crippen molar-refractivity contribution in [2.45, 2.75) is 45.3 Å². The third-order valence-corrected chi connectivity index (χ3v) is 5.10. The number of amides is 1. The minimum absolute atomic E-state index is 0.184. The van der Waals surface area contributed by atoms with E-state index in [9.17, 15) is 4.79 Å². The molecule has 3 heterocycles. The number of nitrogens with zero attached hydrogens (tertiary/aromatic N) is 3. The number of ether oxygens (including phenoxy) is 1. The van der Waals surface area contributed by atoms with E-state index in [2.05, 4.69) is 20.3 Å². The lowest BCUT2D eigenvalue weighted by Crippen LogP contribution is -2.36. The van der Waals surface area contributed by atoms with E-state index in [1.807, 2.05) is 37.9 Å². The summed E-state index contributed by atoms with van der Waals surface area (Å²) in [6.07, 6.45) is 5.39. The summed E-state index contributed by atoms with van der Waals surface area (Å²) < 4.78 is 5.50. The number of anilines is 1. The van der Waals surface area contributed by atoms with E-state index in [1.165, 1.54) is 0 Å². The topological polar surface area (TPSA) is 83.1 Å². The van der Waals surface area contributed by atoms with Crippen LogP contribution in [-0.2, 0) is 4.74 Å². The predicted molar refractivity (Wildman–Crippen MR) is 95.3 cm³/mol. The maximum atomic E-state index is 12.2. The molecule has 0 spiro atoms. The lowest BCUT2D eigenvalue weighted by molar-refractivity contribution is 0.0280. The second kappa shape index (κ2) is 5.89. The van der Waals surface area contributed by atoms with Gasteiger partial charge in [-0.1, -0.05) is 0 Å². The van der Waals surface area contributed by atoms with Crippen molar-refractivity contribution in [1.82, 2.24) is 19.9 Å². The fraction of sp³-hybridized carbons (Fsp3) is 0.611. The smallest absolute Gasteiger partial charge is 0.410 e. The van der Waals surface area contributed by atoms with Gasteiger partial charge in [-0.25, -0.2) is 14.8 Å². The standard InChI is InChI=1S/C18H25N5O2/c1-18(2,3)25-17(24)23-8-11-6-13(7-12(11)9-23)22-16-14-4-5-19-15(14)20-10-21-16/h4-5,10-13H,6-9H2,1-3H3,(H2,19,20,21,22)/t11-,12+,13-. The average molecular weight is 343 g/mol. The van der Waals surface area contributed by atoms with Gasteiger partial charge < -0.3 is 19.9 Å². The van der Waals surface area contributed by atoms with Crippen LogP contribution in [0.1, 0.15) is 33.6 Å². The number of carbonyl (C=O) groups excluding carboxylic acids is 1. The van der Waals surface area contributed by atoms with Gasteiger partial charge >= 0.3 is 6.09 Å². The van der Waals surface area contributed by atoms with Crippen LogP contribution in [0.15, 0.2) is 18.6 Å². The molecule has 1 amide bonds. The highest BCUT2D eigenvalue weighted by molar-refractivity contribution is 5.86. The number of fused-ring (bicyclic) bond motifs is 2. The normalized spacial score (nSPS) is 26.0. The van der Waals surface area contributed by atoms with Crippen LogP contribution in [0.25, 0.3) is 11.0 Å². The second-order valence-electron chi connectivity index (χ2n) is 8.18. The highest BCUT2D eigenvalue weighted by atomic mass is 16.6. The molecule has 1 aliphatic carbocycles. The Kier molecular flexibility index (Phi) is 3.81. The maximum absolute atomic E-state index is 12.2. The molecule has 4 rings (SSSR count). The minimum Gasteiger partial charge on any atom is -0.444 e. The Hall–Kier alpha value is -2.31. The number of H-pyrrole nitrogens is 1. The van der Waals surface area contributed by atoms with E-state index in [-0.39, 0.29) is 6.09 Å². The Balaban J connectivity index is 1.37. The quantitative estimate of drug-likeness (QED) is 0.876. The van der Waals surface area contributed by atoms with Crippen molar-refractivity contribution in [3.8, 4) is 0 Å². The van der Waals surface area contributed by atoms with E-state index in [1.54, 1.807) is 6.33 Å². The second-order valence-corrected chi connectivity index (χ2v) is 8.18. The third kappa shape index (κ3) is 3.27. The van der Waals surface area contributed by atoms with Gasteiger partial charge in [0.25, 0.3) is 0 Å². The summed E-state index contributed by atoms with van der Waals surface area (Å²) >= 11 is 0. The Morgan fingerprint density at radius 2 is 2.00 bits per heavy atom. The van der Waals surface area contributed by atoms with Crippen LogP contribution in [0.4, 0.5) is 10.6 Å². The lowest BCUT2D eigenvalue weighted by Gasteiger charge is -2.25. The molecule has 2 fully saturated rings. The zero-order chi connectivity index (χ0) is 17.6. The number of rotatable bonds is 2. The van der Waals surface area contributed by atoms with E-state index in [4.69, 9.17) is 4.74 Å². The van der Waals surface area contributed by atoms with Gasteiger partial charge in [-0.3, -0.25) is 0 Å². The van der Waals surface area contributed by atoms with Crippen LogP contribution in [0, 0.1) is 11.8 Å². The van der Waals surface area contributed by atoms with Crippen LogP contribution < -0.4 is 5.32 Å². The number of aromatic nitrogens is 3. The van der Waals surface area contributed by atoms with Crippen molar-refractivity contribution < 1.29 is 9.53 Å². The van der Waals surface area contributed by atoms with E-state index in [0.29, 0.717) is 17.9 Å². The van der Waals surface area contributed by atoms with Gasteiger partial charge in [0.15, 0.2) is 0 Å². The van der Waals surface area contributed by atoms with Crippen LogP contribution in [0.5, 0.6) is 0 Å². The van der Waals surface area contributed by atoms with Crippen LogP contribution >= 0.6 is 0 Å². The molecule has 1 saturated heterocycles. The number of carbonyl (C=O) groups is 1. The number of hydrogen-bond acceptors (Lipinski definition) is 5. The van der Waals surface area contributed by atoms with Crippen molar-refractivity contribution in [1.29, 1.82) is 0 Å². The summed E-state index contributed by atoms with van der Waals surface area (Å²) in [7, 11) is 0. The van der Waals surface area contributed by atoms with Crippen LogP contribution in [-0.4, -0.2) is 50.7 Å². The molecule has 2 aromatic heterocycles. The molecule has 0 unspecified atom stereocenters. The zero-order valence-electron chi connectivity index (χ0n) is 15.0. The first-order chi connectivity index (χ1) is 11.9. The Labute approximate surface area is 147 Å². The molecule has 0 bridgehead atoms. The summed E-state index contributed by atoms with van der Waals surface area (Å²) in [5, 5.41) is 4.60. The largest absolute Gasteiger partial charge is 0.444 e. The summed E-state index contributed by atoms with van der Waals surface area (Å²) in [6.45, 7) is 7.31. The fourth-order valence-corrected chi connectivity index (χ4v) is 4.07. The molecular weight excluding hydrogens is 318 g/mol. The van der Waals surface area contributed by atoms with E-state index in [0.717, 1.165) is 42.8 Å². The van der Waals surface area contributed by atoms with Gasteiger partial charge in [0.05, 0.1) is 5.39 Å². The Bertz CT molecular complexity index is 767. The van der Waals surface area contributed by atoms with E-state index >= 15 is 0 Å². The molecule has 2 N–H and O–H groups in total. The molecule has 1 saturated carbocycles. The third-order valence-electron chi connectivity index (χ3n) is 5.10. The summed E-state index contributed by atoms with van der Waals surface area (Å²) in [5.74, 6) is 1.96. The molecule has 0 radical (unpaired) electrons. The maximum Gasteiger partial charge on any atom is 0.410 e. The minimum atomic E-state index is -0.437. The summed E-state index contributed by atoms with van der Waals surface area (Å²) in [5.41, 5.74) is 0.417. The first-order valence-electron chi connectivity index (χ1n) is 8.91. The predicted octanol–water partition coefficient (Wildman–Crippen LogP) is 3.02. The molecule has 7 nitrogen and oxygen atoms in total. The molecule has 3 atom stereocenters. The van der Waals surface area contributed by atoms with Crippen molar-refractivity contribution in [2.24, 2.45) is 11.8 Å². The van der Waals surface area contributed by atoms with Crippen molar-refractivity contribution >= 4 is 22.9 Å². The van der Waals surface area contributed by atoms with Gasteiger partial charge in [0.2, 0.25) is 0 Å². The van der Waals surface area contributed by atoms with Gasteiger partial charge in [-0.2, -0.15) is 0 Å². The molecular formula is C18H25N5O2. The number of aromatic amines is 1. The van der Waals surface area contributed by atoms with Crippen molar-refractivity contribution in [3.63, 3.8) is 0 Å². The first-order valence-corrected chi connectivity index (χ1v) is 8.91. The molecule has 7 heteroatoms. The van der Waals surface area contributed by atoms with Crippen LogP contribution in [0.2, 0.25) is 0 Å². The van der Waals surface area contributed by atoms with Gasteiger partial charge in [-0.05, 0) is 51.5 Å². The van der Waals surface area contributed by atoms with Gasteiger partial charge in [0, 0.05) is 25.3 Å². The van der Waals surface area contributed by atoms with Crippen LogP contribution in [0.3, 0.4) is 0 Å². The molecule has 2 aromatic rings. The summed E-state index contributed by atoms with van der Waals surface area (Å²) in [6, 6.07) is 2.39. The zero-order valence-corrected chi connectivity index (χ0v) is 15.0. The Morgan fingerprint density at radius 3 is 2.68 bits per heavy atom. The highest BCUT2D eigenvalue weighted by Crippen LogP contribution is 2.40. The van der Waals surface area contributed by atoms with Crippen molar-refractivity contribution in [2.75, 3.05) is 18.4 Å². The SMILES string of the molecule is CC(C)(C)OC(=O)N1C[C@H]2C[C@@H](Nc3ncnc4[nH]ccc34)C[C@H]2C1. The average Bonchev–Trinajstić information content (AvgIpc) is 3.18. The molecule has 134 valence electrons. The molecule has 0 aromatic carbocycles. The highest BCUT2D eigenvalue weighted by Gasteiger charge is 2.43. The van der Waals surface area contributed by atoms with Gasteiger partial charge in [-0.15, -0.1) is 0 Å². The molecule has 1 aliphatic heterocycles. The first kappa shape index (κ1) is 16.2. The van der Waals surface area contributed by atoms with E-state index < -0.39 is 5.60 Å². The number of likely N-dealkylation sites (tertiary alicyclic amines) is 1. The number of nitrogens with one attached hydrogen (secondary N) is 2. The lowest BCUT2D eigenvalue weighted by atomic mass is 10.0. The number of hydrogen-bond donors (Lipinski definition) is 2. The summed E-state index contributed by atoms with van der Waals surface area (Å²) in [4.78, 5) is 25.8. The molecule has 25 heavy (non-hydrogen) atoms. The fourth-order valence-electron chi connectivity index (χ4n) is 4.07. The molecule has 2 aliphatic rings. The van der Waals surface area contributed by atoms with Crippen molar-refractivity contribution in [3.05, 3.63) is 18.6 Å². The Morgan fingerprint density at radius 1 is 1.28 bits per heavy atom.